The van der Waals surface area contributed by atoms with Gasteiger partial charge in [-0.25, -0.2) is 0 Å². The summed E-state index contributed by atoms with van der Waals surface area (Å²) in [5, 5.41) is 0. The summed E-state index contributed by atoms with van der Waals surface area (Å²) in [6.07, 6.45) is 0. The van der Waals surface area contributed by atoms with E-state index in [0.717, 1.165) is 0 Å². The first-order valence-corrected chi connectivity index (χ1v) is 2.00. The maximum absolute atomic E-state index is 8.52. The third-order valence-corrected chi connectivity index (χ3v) is 0. The van der Waals surface area contributed by atoms with Gasteiger partial charge in [0.05, 0.1) is 0 Å². The van der Waals surface area contributed by atoms with E-state index in [1.165, 1.54) is 0 Å². The normalized spacial score (nSPS) is 8.29. The Balaban J connectivity index is -0.0000000800. The van der Waals surface area contributed by atoms with E-state index in [0.29, 0.717) is 0 Å². The molecule has 0 aromatic rings. The second-order valence-corrected chi connectivity index (χ2v) is 1.22. The molecule has 7 heteroatoms. The Morgan fingerprint density at radius 1 is 1.14 bits per heavy atom. The van der Waals surface area contributed by atoms with Crippen molar-refractivity contribution < 1.29 is 17.5 Å². The van der Waals surface area contributed by atoms with Gasteiger partial charge < -0.3 is 9.11 Å². The maximum atomic E-state index is 8.52. The van der Waals surface area contributed by atoms with Crippen LogP contribution in [0.3, 0.4) is 0 Å². The van der Waals surface area contributed by atoms with Crippen molar-refractivity contribution >= 4 is 50.8 Å². The maximum Gasteiger partial charge on any atom is 2.00 e. The van der Waals surface area contributed by atoms with Crippen LogP contribution < -0.4 is 0 Å². The van der Waals surface area contributed by atoms with E-state index in [4.69, 9.17) is 17.5 Å². The Labute approximate surface area is 68.1 Å². The third kappa shape index (κ3) is 140. The van der Waals surface area contributed by atoms with Crippen molar-refractivity contribution in [2.45, 2.75) is 0 Å². The monoisotopic (exact) mass is 150 g/mol. The minimum Gasteiger partial charge on any atom is -0.759 e. The third-order valence-electron chi connectivity index (χ3n) is 0. The number of rotatable bonds is 0. The zero-order valence-electron chi connectivity index (χ0n) is 2.75. The molecule has 0 N–H and O–H groups in total. The first-order valence-electron chi connectivity index (χ1n) is 0.667. The van der Waals surface area contributed by atoms with Crippen LogP contribution in [0.2, 0.25) is 0 Å². The molecule has 0 heterocycles. The van der Waals surface area contributed by atoms with Crippen LogP contribution in [-0.4, -0.2) is 57.9 Å². The van der Waals surface area contributed by atoms with Gasteiger partial charge in [0.25, 0.3) is 0 Å². The molecule has 0 bridgehead atoms. The molecule has 0 spiro atoms. The van der Waals surface area contributed by atoms with Gasteiger partial charge in [-0.05, 0) is 0 Å². The fourth-order valence-corrected chi connectivity index (χ4v) is 0. The number of hydrogen-bond acceptors (Lipinski definition) is 4. The van der Waals surface area contributed by atoms with Crippen molar-refractivity contribution in [3.05, 3.63) is 0 Å². The van der Waals surface area contributed by atoms with Crippen LogP contribution in [-0.2, 0) is 10.4 Å². The molecule has 0 atom stereocenters. The first kappa shape index (κ1) is 15.7. The van der Waals surface area contributed by atoms with E-state index in [9.17, 15) is 0 Å². The largest absolute Gasteiger partial charge is 2.00 e. The van der Waals surface area contributed by atoms with Crippen molar-refractivity contribution in [3.63, 3.8) is 0 Å². The molecule has 0 aromatic heterocycles. The minimum absolute atomic E-state index is 0. The van der Waals surface area contributed by atoms with Gasteiger partial charge >= 0.3 is 23.1 Å². The van der Waals surface area contributed by atoms with Crippen LogP contribution in [0.4, 0.5) is 0 Å². The number of hydrogen-bond donors (Lipinski definition) is 0. The van der Waals surface area contributed by atoms with Crippen molar-refractivity contribution in [2.24, 2.45) is 0 Å². The van der Waals surface area contributed by atoms with E-state index in [1.54, 1.807) is 0 Å². The average molecular weight is 150 g/mol. The molecule has 0 rings (SSSR count). The predicted octanol–water partition coefficient (Wildman–Crippen LogP) is -2.90. The smallest absolute Gasteiger partial charge is 0.759 e. The van der Waals surface area contributed by atoms with Crippen LogP contribution in [0.15, 0.2) is 0 Å². The van der Waals surface area contributed by atoms with Gasteiger partial charge in [0, 0.05) is 10.4 Å². The molecule has 0 aliphatic heterocycles. The van der Waals surface area contributed by atoms with Gasteiger partial charge in [0.2, 0.25) is 0 Å². The van der Waals surface area contributed by atoms with E-state index >= 15 is 0 Å². The Kier molecular flexibility index (Phi) is 11.9. The van der Waals surface area contributed by atoms with Gasteiger partial charge in [-0.2, -0.15) is 0 Å². The molecule has 0 fully saturated rings. The van der Waals surface area contributed by atoms with E-state index in [1.807, 2.05) is 0 Å². The molecule has 0 aromatic carbocycles. The fourth-order valence-electron chi connectivity index (χ4n) is 0. The molecule has 7 heavy (non-hydrogen) atoms. The molecular formula is H3AlMgO4S. The molecule has 4 nitrogen and oxygen atoms in total. The zero-order chi connectivity index (χ0) is 4.50. The predicted molar refractivity (Wildman–Crippen MR) is 26.2 cm³/mol. The van der Waals surface area contributed by atoms with Crippen LogP contribution >= 0.6 is 0 Å². The molecule has 0 radical (unpaired) electrons. The van der Waals surface area contributed by atoms with Gasteiger partial charge in [0.1, 0.15) is 0 Å². The summed E-state index contributed by atoms with van der Waals surface area (Å²) in [6, 6.07) is 0. The molecule has 0 saturated carbocycles. The summed E-state index contributed by atoms with van der Waals surface area (Å²) < 4.78 is 34.1. The van der Waals surface area contributed by atoms with E-state index < -0.39 is 10.4 Å². The van der Waals surface area contributed by atoms with Crippen LogP contribution in [0.1, 0.15) is 0 Å². The Bertz CT molecular complexity index is 94.9. The van der Waals surface area contributed by atoms with Gasteiger partial charge in [-0.3, -0.25) is 8.42 Å². The first-order chi connectivity index (χ1) is 2.00. The van der Waals surface area contributed by atoms with Crippen LogP contribution in [0, 0.1) is 0 Å². The van der Waals surface area contributed by atoms with Gasteiger partial charge in [-0.1, -0.05) is 0 Å². The van der Waals surface area contributed by atoms with Crippen molar-refractivity contribution in [2.75, 3.05) is 0 Å². The minimum atomic E-state index is -5.17. The molecule has 38 valence electrons. The average Bonchev–Trinajstić information content (AvgIpc) is 0.722. The molecule has 0 aliphatic carbocycles. The van der Waals surface area contributed by atoms with E-state index in [-0.39, 0.29) is 40.4 Å². The summed E-state index contributed by atoms with van der Waals surface area (Å²) in [5.41, 5.74) is 0. The Hall–Kier alpha value is 1.17. The molecule has 0 aliphatic rings. The molecule has 0 unspecified atom stereocenters. The molecule has 0 saturated heterocycles. The van der Waals surface area contributed by atoms with Crippen molar-refractivity contribution in [3.8, 4) is 0 Å². The van der Waals surface area contributed by atoms with Crippen molar-refractivity contribution in [1.29, 1.82) is 0 Å². The zero-order valence-corrected chi connectivity index (χ0v) is 4.98. The summed E-state index contributed by atoms with van der Waals surface area (Å²) in [5.74, 6) is 0. The quantitative estimate of drug-likeness (QED) is 0.211. The fraction of sp³-hybridized carbons (Fsp3) is 0. The topological polar surface area (TPSA) is 80.3 Å². The van der Waals surface area contributed by atoms with E-state index in [2.05, 4.69) is 0 Å². The SMILES string of the molecule is O=S(=O)([O-])[O-].[AlH3].[Mg+2]. The second-order valence-electron chi connectivity index (χ2n) is 0.408. The van der Waals surface area contributed by atoms with Crippen molar-refractivity contribution in [1.82, 2.24) is 0 Å². The van der Waals surface area contributed by atoms with Crippen LogP contribution in [0.25, 0.3) is 0 Å². The van der Waals surface area contributed by atoms with Crippen LogP contribution in [0.5, 0.6) is 0 Å². The summed E-state index contributed by atoms with van der Waals surface area (Å²) >= 11 is 0. The molecule has 0 amide bonds. The second kappa shape index (κ2) is 5.31. The summed E-state index contributed by atoms with van der Waals surface area (Å²) in [4.78, 5) is 0. The summed E-state index contributed by atoms with van der Waals surface area (Å²) in [6.45, 7) is 0. The Morgan fingerprint density at radius 3 is 1.14 bits per heavy atom. The van der Waals surface area contributed by atoms with Gasteiger partial charge in [-0.15, -0.1) is 0 Å². The molecular weight excluding hydrogens is 147 g/mol. The Morgan fingerprint density at radius 2 is 1.14 bits per heavy atom. The van der Waals surface area contributed by atoms with Gasteiger partial charge in [0.15, 0.2) is 17.4 Å². The summed E-state index contributed by atoms with van der Waals surface area (Å²) in [7, 11) is -5.17. The standard InChI is InChI=1S/Al.Mg.H2O4S.3H/c;;1-5(2,3)4;;;/h;;(H2,1,2,3,4);;;/q;+2;;;;/p-2.